The van der Waals surface area contributed by atoms with Crippen LogP contribution in [0.4, 0.5) is 0 Å². The van der Waals surface area contributed by atoms with Crippen LogP contribution in [0.25, 0.3) is 0 Å². The number of nitrogens with one attached hydrogen (secondary N) is 1. The molecule has 22 heavy (non-hydrogen) atoms. The molecule has 4 nitrogen and oxygen atoms in total. The van der Waals surface area contributed by atoms with Gasteiger partial charge >= 0.3 is 0 Å². The number of carbonyl (C=O) groups excluding carboxylic acids is 2. The minimum Gasteiger partial charge on any atom is -0.354 e. The largest absolute Gasteiger partial charge is 0.354 e. The smallest absolute Gasteiger partial charge is 0.264 e. The van der Waals surface area contributed by atoms with Gasteiger partial charge in [-0.1, -0.05) is 11.6 Å². The zero-order valence-corrected chi connectivity index (χ0v) is 15.1. The van der Waals surface area contributed by atoms with Gasteiger partial charge in [0.1, 0.15) is 0 Å². The third kappa shape index (κ3) is 5.25. The number of hydrogen-bond donors (Lipinski definition) is 1. The molecule has 1 aliphatic rings. The van der Waals surface area contributed by atoms with E-state index in [-0.39, 0.29) is 18.4 Å². The highest BCUT2D eigenvalue weighted by Crippen LogP contribution is 2.23. The molecule has 0 atom stereocenters. The monoisotopic (exact) mass is 384 g/mol. The van der Waals surface area contributed by atoms with Gasteiger partial charge in [-0.3, -0.25) is 9.59 Å². The second-order valence-corrected chi connectivity index (χ2v) is 7.94. The van der Waals surface area contributed by atoms with Gasteiger partial charge in [-0.15, -0.1) is 11.3 Å². The second kappa shape index (κ2) is 8.48. The van der Waals surface area contributed by atoms with Crippen molar-refractivity contribution in [3.63, 3.8) is 0 Å². The van der Waals surface area contributed by atoms with E-state index >= 15 is 0 Å². The minimum atomic E-state index is -0.124. The lowest BCUT2D eigenvalue weighted by Gasteiger charge is -2.17. The van der Waals surface area contributed by atoms with Gasteiger partial charge in [0.25, 0.3) is 5.91 Å². The molecule has 0 radical (unpaired) electrons. The summed E-state index contributed by atoms with van der Waals surface area (Å²) in [6.07, 6.45) is 8.06. The van der Waals surface area contributed by atoms with Crippen LogP contribution in [0.1, 0.15) is 41.8 Å². The molecule has 0 unspecified atom stereocenters. The van der Waals surface area contributed by atoms with Gasteiger partial charge in [-0.2, -0.15) is 0 Å². The maximum absolute atomic E-state index is 12.1. The van der Waals surface area contributed by atoms with Crippen LogP contribution in [-0.2, 0) is 4.79 Å². The van der Waals surface area contributed by atoms with Crippen molar-refractivity contribution in [1.82, 2.24) is 10.2 Å². The molecule has 120 valence electrons. The highest BCUT2D eigenvalue weighted by atomic mass is 79.9. The van der Waals surface area contributed by atoms with Crippen molar-refractivity contribution in [3.8, 4) is 0 Å². The van der Waals surface area contributed by atoms with Crippen LogP contribution in [-0.4, -0.2) is 36.9 Å². The van der Waals surface area contributed by atoms with E-state index in [2.05, 4.69) is 27.3 Å². The number of thiophene rings is 1. The van der Waals surface area contributed by atoms with Gasteiger partial charge in [0.05, 0.1) is 15.2 Å². The first kappa shape index (κ1) is 17.2. The molecule has 1 N–H and O–H groups in total. The van der Waals surface area contributed by atoms with Crippen molar-refractivity contribution in [1.29, 1.82) is 0 Å². The molecule has 0 bridgehead atoms. The van der Waals surface area contributed by atoms with Gasteiger partial charge in [-0.25, -0.2) is 0 Å². The third-order valence-electron chi connectivity index (χ3n) is 3.66. The Morgan fingerprint density at radius 2 is 2.18 bits per heavy atom. The van der Waals surface area contributed by atoms with Crippen molar-refractivity contribution < 1.29 is 9.59 Å². The predicted octanol–water partition coefficient (Wildman–Crippen LogP) is 3.59. The number of amides is 2. The summed E-state index contributed by atoms with van der Waals surface area (Å²) < 4.78 is 0.912. The molecule has 2 amide bonds. The SMILES string of the molecule is CN(CC(=O)NCCC1=CCCCC1)C(=O)c1ccc(Br)s1. The van der Waals surface area contributed by atoms with E-state index in [1.54, 1.807) is 13.1 Å². The normalized spacial score (nSPS) is 14.4. The Bertz CT molecular complexity index is 568. The molecular formula is C16H21BrN2O2S. The van der Waals surface area contributed by atoms with E-state index in [4.69, 9.17) is 0 Å². The zero-order chi connectivity index (χ0) is 15.9. The second-order valence-electron chi connectivity index (χ2n) is 5.47. The Hall–Kier alpha value is -1.14. The van der Waals surface area contributed by atoms with Crippen LogP contribution >= 0.6 is 27.3 Å². The van der Waals surface area contributed by atoms with E-state index in [1.807, 2.05) is 6.07 Å². The maximum Gasteiger partial charge on any atom is 0.264 e. The Morgan fingerprint density at radius 3 is 2.82 bits per heavy atom. The van der Waals surface area contributed by atoms with E-state index in [9.17, 15) is 9.59 Å². The number of nitrogens with zero attached hydrogens (tertiary/aromatic N) is 1. The summed E-state index contributed by atoms with van der Waals surface area (Å²) >= 11 is 4.71. The predicted molar refractivity (Wildman–Crippen MR) is 93.2 cm³/mol. The average molecular weight is 385 g/mol. The summed E-state index contributed by atoms with van der Waals surface area (Å²) in [5.74, 6) is -0.233. The van der Waals surface area contributed by atoms with Crippen LogP contribution in [0, 0.1) is 0 Å². The molecule has 1 aliphatic carbocycles. The fraction of sp³-hybridized carbons (Fsp3) is 0.500. The Balaban J connectivity index is 1.71. The quantitative estimate of drug-likeness (QED) is 0.761. The van der Waals surface area contributed by atoms with Crippen molar-refractivity contribution in [3.05, 3.63) is 32.4 Å². The van der Waals surface area contributed by atoms with Crippen LogP contribution in [0.5, 0.6) is 0 Å². The van der Waals surface area contributed by atoms with E-state index in [1.165, 1.54) is 34.7 Å². The van der Waals surface area contributed by atoms with Gasteiger partial charge < -0.3 is 10.2 Å². The van der Waals surface area contributed by atoms with E-state index < -0.39 is 0 Å². The van der Waals surface area contributed by atoms with Crippen LogP contribution < -0.4 is 5.32 Å². The summed E-state index contributed by atoms with van der Waals surface area (Å²) in [4.78, 5) is 26.1. The Labute approximate surface area is 143 Å². The van der Waals surface area contributed by atoms with Crippen molar-refractivity contribution >= 4 is 39.1 Å². The number of carbonyl (C=O) groups is 2. The van der Waals surface area contributed by atoms with Crippen LogP contribution in [0.3, 0.4) is 0 Å². The molecule has 0 saturated heterocycles. The van der Waals surface area contributed by atoms with Crippen LogP contribution in [0.2, 0.25) is 0 Å². The molecule has 1 heterocycles. The van der Waals surface area contributed by atoms with Crippen LogP contribution in [0.15, 0.2) is 27.6 Å². The van der Waals surface area contributed by atoms with E-state index in [0.717, 1.165) is 23.0 Å². The zero-order valence-electron chi connectivity index (χ0n) is 12.7. The molecule has 2 rings (SSSR count). The molecular weight excluding hydrogens is 364 g/mol. The fourth-order valence-electron chi connectivity index (χ4n) is 2.45. The molecule has 1 aromatic heterocycles. The molecule has 6 heteroatoms. The number of rotatable bonds is 6. The average Bonchev–Trinajstić information content (AvgIpc) is 2.94. The lowest BCUT2D eigenvalue weighted by Crippen LogP contribution is -2.38. The minimum absolute atomic E-state index is 0.0907. The van der Waals surface area contributed by atoms with E-state index in [0.29, 0.717) is 11.4 Å². The summed E-state index contributed by atoms with van der Waals surface area (Å²) in [6, 6.07) is 3.60. The van der Waals surface area contributed by atoms with Gasteiger partial charge in [-0.05, 0) is 60.2 Å². The number of hydrogen-bond acceptors (Lipinski definition) is 3. The van der Waals surface area contributed by atoms with Gasteiger partial charge in [0, 0.05) is 13.6 Å². The lowest BCUT2D eigenvalue weighted by atomic mass is 9.97. The maximum atomic E-state index is 12.1. The summed E-state index contributed by atoms with van der Waals surface area (Å²) in [5, 5.41) is 2.89. The highest BCUT2D eigenvalue weighted by Gasteiger charge is 2.16. The third-order valence-corrected chi connectivity index (χ3v) is 5.28. The summed E-state index contributed by atoms with van der Waals surface area (Å²) in [5.41, 5.74) is 1.44. The van der Waals surface area contributed by atoms with Crippen molar-refractivity contribution in [2.24, 2.45) is 0 Å². The molecule has 1 aromatic rings. The van der Waals surface area contributed by atoms with Crippen molar-refractivity contribution in [2.45, 2.75) is 32.1 Å². The summed E-state index contributed by atoms with van der Waals surface area (Å²) in [6.45, 7) is 0.741. The molecule has 0 fully saturated rings. The fourth-order valence-corrected chi connectivity index (χ4v) is 3.84. The van der Waals surface area contributed by atoms with Crippen molar-refractivity contribution in [2.75, 3.05) is 20.1 Å². The Morgan fingerprint density at radius 1 is 1.36 bits per heavy atom. The van der Waals surface area contributed by atoms with Gasteiger partial charge in [0.2, 0.25) is 5.91 Å². The topological polar surface area (TPSA) is 49.4 Å². The molecule has 0 saturated carbocycles. The lowest BCUT2D eigenvalue weighted by molar-refractivity contribution is -0.121. The first-order valence-corrected chi connectivity index (χ1v) is 9.12. The van der Waals surface area contributed by atoms with Gasteiger partial charge in [0.15, 0.2) is 0 Å². The summed E-state index contributed by atoms with van der Waals surface area (Å²) in [7, 11) is 1.65. The number of likely N-dealkylation sites (N-methyl/N-ethyl adjacent to an activating group) is 1. The molecule has 0 aliphatic heterocycles. The standard InChI is InChI=1S/C16H21BrN2O2S/c1-19(16(21)13-7-8-14(17)22-13)11-15(20)18-10-9-12-5-3-2-4-6-12/h5,7-8H,2-4,6,9-11H2,1H3,(H,18,20). The number of allylic oxidation sites excluding steroid dienone is 1. The Kier molecular flexibility index (Phi) is 6.64. The number of halogens is 1. The first-order chi connectivity index (χ1) is 10.6. The highest BCUT2D eigenvalue weighted by molar-refractivity contribution is 9.11. The molecule has 0 aromatic carbocycles. The first-order valence-electron chi connectivity index (χ1n) is 7.51. The molecule has 0 spiro atoms.